The third-order valence-electron chi connectivity index (χ3n) is 7.66. The molecule has 7 nitrogen and oxygen atoms in total. The molecule has 0 amide bonds. The Hall–Kier alpha value is -4.24. The number of carbonyl (C=O) groups is 1. The lowest BCUT2D eigenvalue weighted by Gasteiger charge is -2.37. The Morgan fingerprint density at radius 3 is 2.44 bits per heavy atom. The average molecular weight is 559 g/mol. The summed E-state index contributed by atoms with van der Waals surface area (Å²) < 4.78 is 31.7. The van der Waals surface area contributed by atoms with E-state index in [0.29, 0.717) is 48.6 Å². The number of anilines is 2. The smallest absolute Gasteiger partial charge is 0.314 e. The molecule has 0 spiro atoms. The summed E-state index contributed by atoms with van der Waals surface area (Å²) in [7, 11) is 0. The van der Waals surface area contributed by atoms with Gasteiger partial charge in [0, 0.05) is 23.5 Å². The van der Waals surface area contributed by atoms with Gasteiger partial charge in [0.25, 0.3) is 6.43 Å². The van der Waals surface area contributed by atoms with E-state index in [1.54, 1.807) is 37.4 Å². The second kappa shape index (κ2) is 12.1. The molecule has 1 aromatic carbocycles. The Balaban J connectivity index is 1.24. The van der Waals surface area contributed by atoms with Crippen molar-refractivity contribution in [3.8, 4) is 17.0 Å². The van der Waals surface area contributed by atoms with Crippen LogP contribution >= 0.6 is 0 Å². The number of alkyl halides is 2. The number of aromatic nitrogens is 3. The molecule has 0 radical (unpaired) electrons. The van der Waals surface area contributed by atoms with Crippen LogP contribution in [0.4, 0.5) is 20.4 Å². The molecular weight excluding hydrogens is 526 g/mol. The van der Waals surface area contributed by atoms with E-state index in [4.69, 9.17) is 4.74 Å². The standard InChI is InChI=1S/C32H32F2N4O3/c1-20-16-26(37-29(17-20)38-28-18-22(30(33)34)14-15-35-28)23-10-13-27(36-19-23)32(2,40)24-11-8-21(9-12-24)31(39)41-25-6-4-3-5-7-25/h3-7,10,13-19,21,24,30,40H,8-9,11-12H2,1-2H3,(H,35,37,38)/t21?,24?,32-/m1/s1. The number of aliphatic hydroxyl groups is 1. The van der Waals surface area contributed by atoms with E-state index in [2.05, 4.69) is 20.3 Å². The van der Waals surface area contributed by atoms with Crippen molar-refractivity contribution in [2.75, 3.05) is 5.32 Å². The molecule has 1 fully saturated rings. The number of nitrogens with one attached hydrogen (secondary N) is 1. The number of benzene rings is 1. The van der Waals surface area contributed by atoms with Crippen molar-refractivity contribution >= 4 is 17.6 Å². The van der Waals surface area contributed by atoms with E-state index in [1.165, 1.54) is 18.3 Å². The van der Waals surface area contributed by atoms with Crippen LogP contribution in [0.1, 0.15) is 55.9 Å². The maximum absolute atomic E-state index is 13.1. The highest BCUT2D eigenvalue weighted by Crippen LogP contribution is 2.41. The highest BCUT2D eigenvalue weighted by atomic mass is 19.3. The fourth-order valence-corrected chi connectivity index (χ4v) is 5.29. The predicted octanol–water partition coefficient (Wildman–Crippen LogP) is 7.15. The second-order valence-corrected chi connectivity index (χ2v) is 10.7. The number of hydrogen-bond acceptors (Lipinski definition) is 7. The third-order valence-corrected chi connectivity index (χ3v) is 7.66. The van der Waals surface area contributed by atoms with Crippen LogP contribution in [0.2, 0.25) is 0 Å². The zero-order chi connectivity index (χ0) is 29.0. The number of halogens is 2. The zero-order valence-corrected chi connectivity index (χ0v) is 22.9. The normalized spacial score (nSPS) is 18.5. The molecule has 1 aliphatic rings. The van der Waals surface area contributed by atoms with Crippen LogP contribution in [0, 0.1) is 18.8 Å². The number of carbonyl (C=O) groups excluding carboxylic acids is 1. The topological polar surface area (TPSA) is 97.2 Å². The maximum atomic E-state index is 13.1. The largest absolute Gasteiger partial charge is 0.426 e. The first kappa shape index (κ1) is 28.3. The summed E-state index contributed by atoms with van der Waals surface area (Å²) >= 11 is 0. The highest BCUT2D eigenvalue weighted by molar-refractivity contribution is 5.75. The van der Waals surface area contributed by atoms with Crippen molar-refractivity contribution in [2.24, 2.45) is 11.8 Å². The average Bonchev–Trinajstić information content (AvgIpc) is 2.97. The molecule has 0 saturated heterocycles. The first-order chi connectivity index (χ1) is 19.7. The van der Waals surface area contributed by atoms with E-state index in [1.807, 2.05) is 37.3 Å². The molecule has 0 aliphatic heterocycles. The van der Waals surface area contributed by atoms with Crippen molar-refractivity contribution in [1.82, 2.24) is 15.0 Å². The summed E-state index contributed by atoms with van der Waals surface area (Å²) in [6.45, 7) is 3.69. The number of rotatable bonds is 8. The Labute approximate surface area is 237 Å². The Morgan fingerprint density at radius 1 is 1.00 bits per heavy atom. The van der Waals surface area contributed by atoms with Crippen molar-refractivity contribution in [1.29, 1.82) is 0 Å². The lowest BCUT2D eigenvalue weighted by atomic mass is 9.73. The molecule has 5 rings (SSSR count). The van der Waals surface area contributed by atoms with Gasteiger partial charge in [0.05, 0.1) is 17.3 Å². The van der Waals surface area contributed by atoms with E-state index >= 15 is 0 Å². The quantitative estimate of drug-likeness (QED) is 0.175. The van der Waals surface area contributed by atoms with E-state index in [9.17, 15) is 18.7 Å². The minimum absolute atomic E-state index is 0.0500. The first-order valence-corrected chi connectivity index (χ1v) is 13.6. The number of ether oxygens (including phenoxy) is 1. The number of para-hydroxylation sites is 1. The van der Waals surface area contributed by atoms with Crippen molar-refractivity contribution in [3.05, 3.63) is 95.9 Å². The number of esters is 1. The molecule has 41 heavy (non-hydrogen) atoms. The number of hydrogen-bond donors (Lipinski definition) is 2. The molecule has 1 atom stereocenters. The molecule has 0 bridgehead atoms. The summed E-state index contributed by atoms with van der Waals surface area (Å²) in [6, 6.07) is 19.0. The van der Waals surface area contributed by atoms with Crippen molar-refractivity contribution in [3.63, 3.8) is 0 Å². The molecule has 1 aliphatic carbocycles. The molecule has 0 unspecified atom stereocenters. The van der Waals surface area contributed by atoms with Crippen LogP contribution in [0.5, 0.6) is 5.75 Å². The predicted molar refractivity (Wildman–Crippen MR) is 152 cm³/mol. The summed E-state index contributed by atoms with van der Waals surface area (Å²) in [5, 5.41) is 14.5. The highest BCUT2D eigenvalue weighted by Gasteiger charge is 2.39. The molecule has 212 valence electrons. The van der Waals surface area contributed by atoms with Gasteiger partial charge in [-0.1, -0.05) is 18.2 Å². The molecule has 2 N–H and O–H groups in total. The van der Waals surface area contributed by atoms with Gasteiger partial charge in [-0.05, 0) is 99.5 Å². The van der Waals surface area contributed by atoms with Gasteiger partial charge in [-0.3, -0.25) is 9.78 Å². The van der Waals surface area contributed by atoms with Crippen LogP contribution < -0.4 is 10.1 Å². The van der Waals surface area contributed by atoms with Gasteiger partial charge in [-0.15, -0.1) is 0 Å². The molecule has 4 aromatic rings. The van der Waals surface area contributed by atoms with Gasteiger partial charge >= 0.3 is 5.97 Å². The third kappa shape index (κ3) is 6.74. The fraction of sp³-hybridized carbons (Fsp3) is 0.312. The zero-order valence-electron chi connectivity index (χ0n) is 22.9. The van der Waals surface area contributed by atoms with Crippen LogP contribution in [0.15, 0.2) is 79.1 Å². The summed E-state index contributed by atoms with van der Waals surface area (Å²) in [5.41, 5.74) is 1.58. The minimum atomic E-state index is -2.59. The van der Waals surface area contributed by atoms with Gasteiger partial charge in [-0.25, -0.2) is 18.7 Å². The molecule has 3 heterocycles. The van der Waals surface area contributed by atoms with Crippen LogP contribution in [0.3, 0.4) is 0 Å². The van der Waals surface area contributed by atoms with Crippen molar-refractivity contribution in [2.45, 2.75) is 51.6 Å². The monoisotopic (exact) mass is 558 g/mol. The first-order valence-electron chi connectivity index (χ1n) is 13.6. The van der Waals surface area contributed by atoms with Gasteiger partial charge in [-0.2, -0.15) is 0 Å². The Bertz CT molecular complexity index is 1490. The molecule has 3 aromatic heterocycles. The molecule has 1 saturated carbocycles. The van der Waals surface area contributed by atoms with Crippen molar-refractivity contribution < 1.29 is 23.4 Å². The van der Waals surface area contributed by atoms with Crippen LogP contribution in [-0.4, -0.2) is 26.0 Å². The van der Waals surface area contributed by atoms with Crippen LogP contribution in [0.25, 0.3) is 11.3 Å². The number of aryl methyl sites for hydroxylation is 1. The maximum Gasteiger partial charge on any atom is 0.314 e. The number of pyridine rings is 3. The van der Waals surface area contributed by atoms with Gasteiger partial charge < -0.3 is 15.2 Å². The van der Waals surface area contributed by atoms with Gasteiger partial charge in [0.2, 0.25) is 0 Å². The Morgan fingerprint density at radius 2 is 1.76 bits per heavy atom. The number of nitrogens with zero attached hydrogens (tertiary/aromatic N) is 3. The van der Waals surface area contributed by atoms with E-state index in [0.717, 1.165) is 11.1 Å². The van der Waals surface area contributed by atoms with Gasteiger partial charge in [0.1, 0.15) is 23.0 Å². The molecular formula is C32H32F2N4O3. The lowest BCUT2D eigenvalue weighted by molar-refractivity contribution is -0.141. The van der Waals surface area contributed by atoms with Gasteiger partial charge in [0.15, 0.2) is 0 Å². The van der Waals surface area contributed by atoms with E-state index in [-0.39, 0.29) is 29.2 Å². The lowest BCUT2D eigenvalue weighted by Crippen LogP contribution is -2.37. The second-order valence-electron chi connectivity index (χ2n) is 10.7. The minimum Gasteiger partial charge on any atom is -0.426 e. The summed E-state index contributed by atoms with van der Waals surface area (Å²) in [5.74, 6) is 0.817. The summed E-state index contributed by atoms with van der Waals surface area (Å²) in [4.78, 5) is 25.9. The van der Waals surface area contributed by atoms with E-state index < -0.39 is 12.0 Å². The summed E-state index contributed by atoms with van der Waals surface area (Å²) in [6.07, 6.45) is 3.06. The van der Waals surface area contributed by atoms with Crippen LogP contribution in [-0.2, 0) is 10.4 Å². The molecule has 9 heteroatoms. The Kier molecular flexibility index (Phi) is 8.35. The fourth-order valence-electron chi connectivity index (χ4n) is 5.29. The SMILES string of the molecule is Cc1cc(Nc2cc(C(F)F)ccn2)nc(-c2ccc([C@](C)(O)C3CCC(C(=O)Oc4ccccc4)CC3)nc2)c1.